The second-order valence-corrected chi connectivity index (χ2v) is 1.76. The van der Waals surface area contributed by atoms with Crippen LogP contribution in [0.15, 0.2) is 18.3 Å². The van der Waals surface area contributed by atoms with E-state index in [1.165, 1.54) is 6.20 Å². The van der Waals surface area contributed by atoms with Gasteiger partial charge in [0.2, 0.25) is 0 Å². The van der Waals surface area contributed by atoms with Crippen LogP contribution in [0.4, 0.5) is 11.5 Å². The number of hydrogen-bond acceptors (Lipinski definition) is 5. The van der Waals surface area contributed by atoms with E-state index in [0.29, 0.717) is 10.9 Å². The van der Waals surface area contributed by atoms with Crippen LogP contribution in [-0.2, 0) is 0 Å². The Hall–Kier alpha value is -1.33. The van der Waals surface area contributed by atoms with Crippen LogP contribution >= 0.6 is 0 Å². The Labute approximate surface area is 57.8 Å². The van der Waals surface area contributed by atoms with E-state index >= 15 is 0 Å². The lowest BCUT2D eigenvalue weighted by atomic mass is 10.4. The molecule has 0 aliphatic carbocycles. The molecule has 5 nitrogen and oxygen atoms in total. The van der Waals surface area contributed by atoms with Crippen molar-refractivity contribution in [2.24, 2.45) is 5.84 Å². The highest BCUT2D eigenvalue weighted by molar-refractivity contribution is 5.59. The number of hydrogen-bond donors (Lipinski definition) is 3. The molecule has 10 heavy (non-hydrogen) atoms. The molecule has 0 aromatic carbocycles. The van der Waals surface area contributed by atoms with Crippen molar-refractivity contribution in [1.82, 2.24) is 4.98 Å². The fourth-order valence-electron chi connectivity index (χ4n) is 0.601. The lowest BCUT2D eigenvalue weighted by molar-refractivity contribution is 0.255. The van der Waals surface area contributed by atoms with Gasteiger partial charge in [-0.05, 0) is 12.1 Å². The zero-order valence-electron chi connectivity index (χ0n) is 5.23. The first-order chi connectivity index (χ1) is 4.72. The average Bonchev–Trinajstić information content (AvgIpc) is 1.88. The lowest BCUT2D eigenvalue weighted by Gasteiger charge is -2.09. The second kappa shape index (κ2) is 2.51. The van der Waals surface area contributed by atoms with Crippen molar-refractivity contribution in [2.45, 2.75) is 0 Å². The van der Waals surface area contributed by atoms with Crippen molar-refractivity contribution in [2.75, 3.05) is 10.9 Å². The standard InChI is InChI=1S/C5H8N4O/c6-4-2-1-3-8-5(4)9(7)10/h1-3,10H,6-7H2. The molecule has 5 N–H and O–H groups in total. The first-order valence-corrected chi connectivity index (χ1v) is 2.66. The minimum absolute atomic E-state index is 0.155. The molecule has 1 rings (SSSR count). The van der Waals surface area contributed by atoms with Crippen LogP contribution in [0.3, 0.4) is 0 Å². The molecule has 54 valence electrons. The van der Waals surface area contributed by atoms with Gasteiger partial charge in [0.15, 0.2) is 5.82 Å². The highest BCUT2D eigenvalue weighted by Gasteiger charge is 2.01. The summed E-state index contributed by atoms with van der Waals surface area (Å²) < 4.78 is 0. The maximum absolute atomic E-state index is 8.67. The Morgan fingerprint density at radius 2 is 2.30 bits per heavy atom. The van der Waals surface area contributed by atoms with Gasteiger partial charge in [-0.25, -0.2) is 10.8 Å². The van der Waals surface area contributed by atoms with E-state index in [1.807, 2.05) is 0 Å². The highest BCUT2D eigenvalue weighted by Crippen LogP contribution is 2.13. The number of anilines is 2. The summed E-state index contributed by atoms with van der Waals surface area (Å²) in [5.41, 5.74) is 5.72. The number of aromatic nitrogens is 1. The quantitative estimate of drug-likeness (QED) is 0.369. The first kappa shape index (κ1) is 6.79. The van der Waals surface area contributed by atoms with Crippen LogP contribution in [-0.4, -0.2) is 10.2 Å². The molecule has 5 heteroatoms. The number of rotatable bonds is 1. The Morgan fingerprint density at radius 1 is 1.60 bits per heavy atom. The summed E-state index contributed by atoms with van der Waals surface area (Å²) >= 11 is 0. The predicted octanol–water partition coefficient (Wildman–Crippen LogP) is -0.267. The van der Waals surface area contributed by atoms with Gasteiger partial charge in [-0.1, -0.05) is 0 Å². The molecule has 1 aromatic heterocycles. The normalized spacial score (nSPS) is 9.40. The van der Waals surface area contributed by atoms with Gasteiger partial charge in [0.1, 0.15) is 0 Å². The van der Waals surface area contributed by atoms with E-state index in [2.05, 4.69) is 4.98 Å². The third-order valence-electron chi connectivity index (χ3n) is 1.03. The minimum Gasteiger partial charge on any atom is -0.396 e. The Balaban J connectivity index is 3.03. The molecular formula is C5H8N4O. The third-order valence-corrected chi connectivity index (χ3v) is 1.03. The van der Waals surface area contributed by atoms with Gasteiger partial charge in [0.25, 0.3) is 0 Å². The van der Waals surface area contributed by atoms with Crippen molar-refractivity contribution in [3.63, 3.8) is 0 Å². The summed E-state index contributed by atoms with van der Waals surface area (Å²) in [4.78, 5) is 3.70. The summed E-state index contributed by atoms with van der Waals surface area (Å²) in [6, 6.07) is 3.25. The van der Waals surface area contributed by atoms with E-state index in [4.69, 9.17) is 16.8 Å². The molecule has 0 bridgehead atoms. The molecule has 0 aliphatic rings. The maximum Gasteiger partial charge on any atom is 0.193 e. The number of pyridine rings is 1. The molecule has 0 saturated heterocycles. The number of hydrazine groups is 1. The summed E-state index contributed by atoms with van der Waals surface area (Å²) in [6.45, 7) is 0. The Bertz CT molecular complexity index is 225. The molecule has 1 heterocycles. The number of nitrogens with zero attached hydrogens (tertiary/aromatic N) is 2. The predicted molar refractivity (Wildman–Crippen MR) is 37.1 cm³/mol. The lowest BCUT2D eigenvalue weighted by Crippen LogP contribution is -2.27. The summed E-state index contributed by atoms with van der Waals surface area (Å²) in [7, 11) is 0. The van der Waals surface area contributed by atoms with Crippen LogP contribution < -0.4 is 16.7 Å². The molecule has 0 unspecified atom stereocenters. The summed E-state index contributed by atoms with van der Waals surface area (Å²) in [5.74, 6) is 5.12. The van der Waals surface area contributed by atoms with Crippen molar-refractivity contribution in [3.05, 3.63) is 18.3 Å². The highest BCUT2D eigenvalue weighted by atomic mass is 16.5. The molecule has 0 aliphatic heterocycles. The van der Waals surface area contributed by atoms with Crippen molar-refractivity contribution < 1.29 is 5.21 Å². The molecule has 0 spiro atoms. The molecule has 0 saturated carbocycles. The largest absolute Gasteiger partial charge is 0.396 e. The second-order valence-electron chi connectivity index (χ2n) is 1.76. The molecule has 0 radical (unpaired) electrons. The van der Waals surface area contributed by atoms with E-state index in [0.717, 1.165) is 0 Å². The van der Waals surface area contributed by atoms with Gasteiger partial charge in [-0.2, -0.15) is 5.17 Å². The Morgan fingerprint density at radius 3 is 2.70 bits per heavy atom. The maximum atomic E-state index is 8.67. The number of nitrogen functional groups attached to an aromatic ring is 1. The van der Waals surface area contributed by atoms with Crippen LogP contribution in [0.1, 0.15) is 0 Å². The topological polar surface area (TPSA) is 88.4 Å². The van der Waals surface area contributed by atoms with E-state index in [-0.39, 0.29) is 5.82 Å². The van der Waals surface area contributed by atoms with Gasteiger partial charge in [-0.15, -0.1) is 0 Å². The summed E-state index contributed by atoms with van der Waals surface area (Å²) in [6.07, 6.45) is 1.49. The smallest absolute Gasteiger partial charge is 0.193 e. The van der Waals surface area contributed by atoms with Crippen LogP contribution in [0, 0.1) is 0 Å². The molecule has 1 aromatic rings. The van der Waals surface area contributed by atoms with E-state index < -0.39 is 0 Å². The van der Waals surface area contributed by atoms with Gasteiger partial charge in [0.05, 0.1) is 5.69 Å². The fourth-order valence-corrected chi connectivity index (χ4v) is 0.601. The molecule has 0 fully saturated rings. The zero-order valence-corrected chi connectivity index (χ0v) is 5.23. The van der Waals surface area contributed by atoms with Crippen LogP contribution in [0.25, 0.3) is 0 Å². The molecule has 0 amide bonds. The zero-order chi connectivity index (χ0) is 7.56. The number of nitrogens with two attached hydrogens (primary N) is 2. The van der Waals surface area contributed by atoms with Gasteiger partial charge in [-0.3, -0.25) is 5.21 Å². The fraction of sp³-hybridized carbons (Fsp3) is 0. The SMILES string of the molecule is Nc1cccnc1N(N)O. The van der Waals surface area contributed by atoms with Gasteiger partial charge < -0.3 is 5.73 Å². The first-order valence-electron chi connectivity index (χ1n) is 2.66. The van der Waals surface area contributed by atoms with Gasteiger partial charge >= 0.3 is 0 Å². The molecular weight excluding hydrogens is 132 g/mol. The van der Waals surface area contributed by atoms with E-state index in [1.54, 1.807) is 12.1 Å². The third kappa shape index (κ3) is 1.15. The van der Waals surface area contributed by atoms with Crippen molar-refractivity contribution in [1.29, 1.82) is 0 Å². The van der Waals surface area contributed by atoms with Crippen LogP contribution in [0.2, 0.25) is 0 Å². The monoisotopic (exact) mass is 140 g/mol. The van der Waals surface area contributed by atoms with E-state index in [9.17, 15) is 0 Å². The summed E-state index contributed by atoms with van der Waals surface area (Å²) in [5, 5.41) is 9.06. The molecule has 0 atom stereocenters. The average molecular weight is 140 g/mol. The minimum atomic E-state index is 0.155. The van der Waals surface area contributed by atoms with Crippen molar-refractivity contribution in [3.8, 4) is 0 Å². The van der Waals surface area contributed by atoms with Crippen LogP contribution in [0.5, 0.6) is 0 Å². The Kier molecular flexibility index (Phi) is 1.70. The van der Waals surface area contributed by atoms with Gasteiger partial charge in [0, 0.05) is 6.20 Å². The van der Waals surface area contributed by atoms with Crippen molar-refractivity contribution >= 4 is 11.5 Å².